The van der Waals surface area contributed by atoms with E-state index < -0.39 is 0 Å². The fraction of sp³-hybridized carbons (Fsp3) is 0.333. The molecule has 0 spiro atoms. The summed E-state index contributed by atoms with van der Waals surface area (Å²) in [4.78, 5) is 10.8. The van der Waals surface area contributed by atoms with Crippen LogP contribution >= 0.6 is 0 Å². The topological polar surface area (TPSA) is 54.6 Å². The first-order valence-corrected chi connectivity index (χ1v) is 4.10. The van der Waals surface area contributed by atoms with Crippen LogP contribution in [0.25, 0.3) is 0 Å². The molecule has 0 fully saturated rings. The molecule has 0 radical (unpaired) electrons. The lowest BCUT2D eigenvalue weighted by Crippen LogP contribution is -2.15. The Balaban J connectivity index is 2.45. The highest BCUT2D eigenvalue weighted by atomic mass is 16.3. The highest BCUT2D eigenvalue weighted by Gasteiger charge is 1.94. The molecule has 1 aromatic rings. The van der Waals surface area contributed by atoms with Crippen LogP contribution in [0, 0.1) is 6.92 Å². The largest absolute Gasteiger partial charge is 0.460 e. The van der Waals surface area contributed by atoms with Gasteiger partial charge in [-0.25, -0.2) is 5.43 Å². The minimum atomic E-state index is -0.112. The molecule has 4 heteroatoms. The average molecular weight is 180 g/mol. The van der Waals surface area contributed by atoms with Crippen molar-refractivity contribution < 1.29 is 9.21 Å². The van der Waals surface area contributed by atoms with Gasteiger partial charge in [-0.05, 0) is 19.1 Å². The van der Waals surface area contributed by atoms with Gasteiger partial charge in [-0.1, -0.05) is 6.92 Å². The van der Waals surface area contributed by atoms with Gasteiger partial charge in [0.1, 0.15) is 11.5 Å². The predicted molar refractivity (Wildman–Crippen MR) is 49.5 cm³/mol. The molecule has 1 N–H and O–H groups in total. The maximum atomic E-state index is 10.8. The predicted octanol–water partition coefficient (Wildman–Crippen LogP) is 1.45. The van der Waals surface area contributed by atoms with Gasteiger partial charge in [-0.15, -0.1) is 0 Å². The zero-order chi connectivity index (χ0) is 9.68. The molecule has 0 aliphatic carbocycles. The number of carbonyl (C=O) groups is 1. The van der Waals surface area contributed by atoms with E-state index in [1.165, 1.54) is 6.21 Å². The van der Waals surface area contributed by atoms with Crippen molar-refractivity contribution in [2.45, 2.75) is 20.3 Å². The third-order valence-corrected chi connectivity index (χ3v) is 1.46. The van der Waals surface area contributed by atoms with Crippen LogP contribution in [0.15, 0.2) is 21.7 Å². The molecule has 1 amide bonds. The van der Waals surface area contributed by atoms with Crippen molar-refractivity contribution in [2.75, 3.05) is 0 Å². The smallest absolute Gasteiger partial charge is 0.239 e. The number of nitrogens with one attached hydrogen (secondary N) is 1. The first kappa shape index (κ1) is 9.51. The van der Waals surface area contributed by atoms with Crippen LogP contribution in [0.2, 0.25) is 0 Å². The summed E-state index contributed by atoms with van der Waals surface area (Å²) in [6.45, 7) is 3.61. The summed E-state index contributed by atoms with van der Waals surface area (Å²) in [5, 5.41) is 3.71. The molecule has 0 aliphatic rings. The first-order chi connectivity index (χ1) is 6.22. The van der Waals surface area contributed by atoms with Crippen molar-refractivity contribution in [3.63, 3.8) is 0 Å². The monoisotopic (exact) mass is 180 g/mol. The second kappa shape index (κ2) is 4.45. The molecule has 0 saturated heterocycles. The molecule has 0 unspecified atom stereocenters. The van der Waals surface area contributed by atoms with Crippen LogP contribution in [-0.2, 0) is 4.79 Å². The molecule has 13 heavy (non-hydrogen) atoms. The number of hydrogen-bond donors (Lipinski definition) is 1. The Bertz CT molecular complexity index is 315. The molecule has 1 heterocycles. The van der Waals surface area contributed by atoms with Gasteiger partial charge in [0.15, 0.2) is 0 Å². The Morgan fingerprint density at radius 2 is 2.46 bits per heavy atom. The second-order valence-corrected chi connectivity index (χ2v) is 2.60. The molecule has 0 aliphatic heterocycles. The van der Waals surface area contributed by atoms with E-state index in [4.69, 9.17) is 4.42 Å². The number of nitrogens with zero attached hydrogens (tertiary/aromatic N) is 1. The highest BCUT2D eigenvalue weighted by Crippen LogP contribution is 2.02. The highest BCUT2D eigenvalue weighted by molar-refractivity contribution is 5.80. The summed E-state index contributed by atoms with van der Waals surface area (Å²) in [6, 6.07) is 3.62. The number of carbonyl (C=O) groups excluding carboxylic acids is 1. The van der Waals surface area contributed by atoms with E-state index in [0.29, 0.717) is 12.2 Å². The Morgan fingerprint density at radius 1 is 1.69 bits per heavy atom. The number of aryl methyl sites for hydroxylation is 1. The van der Waals surface area contributed by atoms with Crippen LogP contribution in [0.3, 0.4) is 0 Å². The standard InChI is InChI=1S/C9H12N2O2/c1-3-9(12)11-10-6-8-5-4-7(2)13-8/h4-6H,3H2,1-2H3,(H,11,12)/b10-6+. The molecule has 4 nitrogen and oxygen atoms in total. The van der Waals surface area contributed by atoms with E-state index in [0.717, 1.165) is 5.76 Å². The third-order valence-electron chi connectivity index (χ3n) is 1.46. The van der Waals surface area contributed by atoms with Gasteiger partial charge in [0.25, 0.3) is 0 Å². The second-order valence-electron chi connectivity index (χ2n) is 2.60. The summed E-state index contributed by atoms with van der Waals surface area (Å²) >= 11 is 0. The average Bonchev–Trinajstić information content (AvgIpc) is 2.51. The summed E-state index contributed by atoms with van der Waals surface area (Å²) < 4.78 is 5.20. The maximum Gasteiger partial charge on any atom is 0.239 e. The minimum Gasteiger partial charge on any atom is -0.460 e. The van der Waals surface area contributed by atoms with Crippen LogP contribution in [0.5, 0.6) is 0 Å². The van der Waals surface area contributed by atoms with Crippen LogP contribution in [0.4, 0.5) is 0 Å². The molecule has 70 valence electrons. The number of amides is 1. The van der Waals surface area contributed by atoms with Gasteiger partial charge in [0.05, 0.1) is 6.21 Å². The Hall–Kier alpha value is -1.58. The number of hydrazone groups is 1. The number of furan rings is 1. The molecule has 0 bridgehead atoms. The van der Waals surface area contributed by atoms with Crippen molar-refractivity contribution in [1.29, 1.82) is 0 Å². The molecule has 1 aromatic heterocycles. The van der Waals surface area contributed by atoms with E-state index in [1.807, 2.05) is 13.0 Å². The van der Waals surface area contributed by atoms with Crippen LogP contribution in [-0.4, -0.2) is 12.1 Å². The van der Waals surface area contributed by atoms with E-state index in [2.05, 4.69) is 10.5 Å². The fourth-order valence-corrected chi connectivity index (χ4v) is 0.770. The summed E-state index contributed by atoms with van der Waals surface area (Å²) in [6.07, 6.45) is 1.90. The SMILES string of the molecule is CCC(=O)N/N=C/c1ccc(C)o1. The molecule has 0 saturated carbocycles. The fourth-order valence-electron chi connectivity index (χ4n) is 0.770. The lowest BCUT2D eigenvalue weighted by Gasteiger charge is -1.91. The van der Waals surface area contributed by atoms with Crippen LogP contribution in [0.1, 0.15) is 24.9 Å². The Labute approximate surface area is 76.6 Å². The van der Waals surface area contributed by atoms with Crippen molar-refractivity contribution >= 4 is 12.1 Å². The normalized spacial score (nSPS) is 10.6. The zero-order valence-corrected chi connectivity index (χ0v) is 7.70. The molecular formula is C9H12N2O2. The number of rotatable bonds is 3. The molecule has 0 aromatic carbocycles. The minimum absolute atomic E-state index is 0.112. The molecule has 0 atom stereocenters. The van der Waals surface area contributed by atoms with Gasteiger partial charge < -0.3 is 4.42 Å². The van der Waals surface area contributed by atoms with Gasteiger partial charge in [0.2, 0.25) is 5.91 Å². The van der Waals surface area contributed by atoms with E-state index in [-0.39, 0.29) is 5.91 Å². The quantitative estimate of drug-likeness (QED) is 0.565. The first-order valence-electron chi connectivity index (χ1n) is 4.10. The summed E-state index contributed by atoms with van der Waals surface area (Å²) in [5.41, 5.74) is 2.36. The number of hydrogen-bond acceptors (Lipinski definition) is 3. The molecular weight excluding hydrogens is 168 g/mol. The lowest BCUT2D eigenvalue weighted by molar-refractivity contribution is -0.120. The van der Waals surface area contributed by atoms with Crippen molar-refractivity contribution in [1.82, 2.24) is 5.43 Å². The van der Waals surface area contributed by atoms with E-state index in [1.54, 1.807) is 13.0 Å². The summed E-state index contributed by atoms with van der Waals surface area (Å²) in [5.74, 6) is 1.34. The third kappa shape index (κ3) is 3.11. The van der Waals surface area contributed by atoms with Crippen molar-refractivity contribution in [2.24, 2.45) is 5.10 Å². The zero-order valence-electron chi connectivity index (χ0n) is 7.70. The van der Waals surface area contributed by atoms with E-state index in [9.17, 15) is 4.79 Å². The van der Waals surface area contributed by atoms with E-state index >= 15 is 0 Å². The van der Waals surface area contributed by atoms with Crippen molar-refractivity contribution in [3.8, 4) is 0 Å². The van der Waals surface area contributed by atoms with Gasteiger partial charge in [-0.2, -0.15) is 5.10 Å². The van der Waals surface area contributed by atoms with Gasteiger partial charge >= 0.3 is 0 Å². The van der Waals surface area contributed by atoms with Gasteiger partial charge in [0, 0.05) is 6.42 Å². The van der Waals surface area contributed by atoms with Crippen LogP contribution < -0.4 is 5.43 Å². The Morgan fingerprint density at radius 3 is 3.00 bits per heavy atom. The maximum absolute atomic E-state index is 10.8. The van der Waals surface area contributed by atoms with Crippen molar-refractivity contribution in [3.05, 3.63) is 23.7 Å². The summed E-state index contributed by atoms with van der Waals surface area (Å²) in [7, 11) is 0. The Kier molecular flexibility index (Phi) is 3.25. The van der Waals surface area contributed by atoms with Gasteiger partial charge in [-0.3, -0.25) is 4.79 Å². The molecule has 1 rings (SSSR count). The lowest BCUT2D eigenvalue weighted by atomic mass is 10.4.